The summed E-state index contributed by atoms with van der Waals surface area (Å²) in [4.78, 5) is 2.02. The molecule has 0 radical (unpaired) electrons. The predicted molar refractivity (Wildman–Crippen MR) is 103 cm³/mol. The lowest BCUT2D eigenvalue weighted by Gasteiger charge is -2.44. The van der Waals surface area contributed by atoms with Crippen LogP contribution in [0.3, 0.4) is 0 Å². The first kappa shape index (κ1) is 19.9. The Labute approximate surface area is 163 Å². The first-order valence-electron chi connectivity index (χ1n) is 8.97. The monoisotopic (exact) mass is 396 g/mol. The third-order valence-electron chi connectivity index (χ3n) is 5.12. The maximum absolute atomic E-state index is 15.0. The van der Waals surface area contributed by atoms with Gasteiger partial charge in [0.2, 0.25) is 0 Å². The molecule has 0 amide bonds. The van der Waals surface area contributed by atoms with Gasteiger partial charge in [0.1, 0.15) is 11.6 Å². The molecule has 4 rings (SSSR count). The fourth-order valence-corrected chi connectivity index (χ4v) is 3.66. The van der Waals surface area contributed by atoms with E-state index in [1.807, 2.05) is 4.90 Å². The minimum absolute atomic E-state index is 0. The summed E-state index contributed by atoms with van der Waals surface area (Å²) in [5, 5.41) is 3.38. The van der Waals surface area contributed by atoms with Crippen molar-refractivity contribution < 1.29 is 18.3 Å². The number of piperidine rings is 1. The summed E-state index contributed by atoms with van der Waals surface area (Å²) in [5.41, 5.74) is 0.387. The maximum Gasteiger partial charge on any atom is 0.188 e. The van der Waals surface area contributed by atoms with Gasteiger partial charge in [-0.05, 0) is 37.1 Å². The van der Waals surface area contributed by atoms with E-state index in [0.29, 0.717) is 5.69 Å². The molecule has 2 aromatic carbocycles. The van der Waals surface area contributed by atoms with E-state index >= 15 is 0 Å². The molecule has 1 spiro atoms. The van der Waals surface area contributed by atoms with E-state index in [2.05, 4.69) is 5.32 Å². The summed E-state index contributed by atoms with van der Waals surface area (Å²) in [6.07, 6.45) is 1.71. The summed E-state index contributed by atoms with van der Waals surface area (Å²) in [6.45, 7) is 3.92. The summed E-state index contributed by atoms with van der Waals surface area (Å²) >= 11 is 0. The van der Waals surface area contributed by atoms with Gasteiger partial charge in [-0.3, -0.25) is 0 Å². The number of anilines is 1. The molecule has 146 valence electrons. The van der Waals surface area contributed by atoms with Crippen molar-refractivity contribution in [3.8, 4) is 11.5 Å². The van der Waals surface area contributed by atoms with Gasteiger partial charge in [-0.25, -0.2) is 8.78 Å². The van der Waals surface area contributed by atoms with Gasteiger partial charge in [-0.1, -0.05) is 12.1 Å². The van der Waals surface area contributed by atoms with Crippen molar-refractivity contribution in [2.45, 2.75) is 18.4 Å². The first-order valence-corrected chi connectivity index (χ1v) is 8.97. The molecule has 1 N–H and O–H groups in total. The molecule has 0 unspecified atom stereocenters. The van der Waals surface area contributed by atoms with Crippen molar-refractivity contribution in [2.24, 2.45) is 0 Å². The number of halogens is 3. The minimum Gasteiger partial charge on any atom is -0.454 e. The molecule has 0 aliphatic carbocycles. The number of morpholine rings is 1. The van der Waals surface area contributed by atoms with E-state index in [9.17, 15) is 8.78 Å². The number of benzene rings is 2. The van der Waals surface area contributed by atoms with Crippen molar-refractivity contribution >= 4 is 18.1 Å². The zero-order valence-electron chi connectivity index (χ0n) is 14.9. The molecule has 0 atom stereocenters. The van der Waals surface area contributed by atoms with E-state index < -0.39 is 11.6 Å². The Morgan fingerprint density at radius 1 is 1.07 bits per heavy atom. The van der Waals surface area contributed by atoms with E-state index in [0.717, 1.165) is 45.6 Å². The first-order chi connectivity index (χ1) is 12.7. The highest BCUT2D eigenvalue weighted by Crippen LogP contribution is 2.35. The van der Waals surface area contributed by atoms with Crippen molar-refractivity contribution in [1.82, 2.24) is 5.32 Å². The lowest BCUT2D eigenvalue weighted by atomic mass is 9.89. The van der Waals surface area contributed by atoms with E-state index in [1.165, 1.54) is 18.2 Å². The Bertz CT molecular complexity index is 774. The molecule has 2 aliphatic heterocycles. The summed E-state index contributed by atoms with van der Waals surface area (Å²) in [7, 11) is 0. The third-order valence-corrected chi connectivity index (χ3v) is 5.12. The molecule has 4 nitrogen and oxygen atoms in total. The zero-order chi connectivity index (χ0) is 18.0. The van der Waals surface area contributed by atoms with Crippen molar-refractivity contribution in [3.63, 3.8) is 0 Å². The molecule has 2 fully saturated rings. The van der Waals surface area contributed by atoms with E-state index in [-0.39, 0.29) is 29.5 Å². The summed E-state index contributed by atoms with van der Waals surface area (Å²) in [6, 6.07) is 10.8. The number of hydrogen-bond donors (Lipinski definition) is 1. The van der Waals surface area contributed by atoms with Crippen LogP contribution in [0.1, 0.15) is 12.8 Å². The van der Waals surface area contributed by atoms with Gasteiger partial charge in [0.05, 0.1) is 17.9 Å². The predicted octanol–water partition coefficient (Wildman–Crippen LogP) is 4.14. The molecule has 2 saturated heterocycles. The molecule has 2 aromatic rings. The molecule has 2 heterocycles. The lowest BCUT2D eigenvalue weighted by Crippen LogP contribution is -2.55. The Balaban J connectivity index is 0.00000210. The van der Waals surface area contributed by atoms with Crippen molar-refractivity contribution in [2.75, 3.05) is 37.7 Å². The van der Waals surface area contributed by atoms with Crippen LogP contribution in [-0.4, -0.2) is 38.4 Å². The van der Waals surface area contributed by atoms with Crippen LogP contribution in [-0.2, 0) is 4.74 Å². The van der Waals surface area contributed by atoms with E-state index in [4.69, 9.17) is 9.47 Å². The van der Waals surface area contributed by atoms with Crippen LogP contribution in [0.25, 0.3) is 0 Å². The van der Waals surface area contributed by atoms with Gasteiger partial charge < -0.3 is 19.7 Å². The van der Waals surface area contributed by atoms with Crippen LogP contribution in [0.15, 0.2) is 42.5 Å². The molecule has 2 aliphatic rings. The molecular formula is C20H23ClF2N2O2. The summed E-state index contributed by atoms with van der Waals surface area (Å²) in [5.74, 6) is -0.457. The van der Waals surface area contributed by atoms with Gasteiger partial charge in [0.15, 0.2) is 11.6 Å². The molecular weight excluding hydrogens is 374 g/mol. The highest BCUT2D eigenvalue weighted by molar-refractivity contribution is 5.85. The number of nitrogens with zero attached hydrogens (tertiary/aromatic N) is 1. The minimum atomic E-state index is -0.421. The fourth-order valence-electron chi connectivity index (χ4n) is 3.66. The van der Waals surface area contributed by atoms with Crippen LogP contribution in [0, 0.1) is 11.6 Å². The highest BCUT2D eigenvalue weighted by atomic mass is 35.5. The second kappa shape index (κ2) is 8.42. The Hall–Kier alpha value is -1.89. The van der Waals surface area contributed by atoms with Crippen LogP contribution in [0.2, 0.25) is 0 Å². The second-order valence-electron chi connectivity index (χ2n) is 6.84. The fraction of sp³-hybridized carbons (Fsp3) is 0.400. The van der Waals surface area contributed by atoms with Gasteiger partial charge in [0, 0.05) is 32.2 Å². The Kier molecular flexibility index (Phi) is 6.19. The second-order valence-corrected chi connectivity index (χ2v) is 6.84. The van der Waals surface area contributed by atoms with E-state index in [1.54, 1.807) is 24.3 Å². The zero-order valence-corrected chi connectivity index (χ0v) is 15.7. The average molecular weight is 397 g/mol. The standard InChI is InChI=1S/C20H22F2N2O2.ClH/c21-15-3-1-4-16(13-15)26-18-6-2-5-17(19(18)22)24-10-7-20(8-11-24)14-23-9-12-25-20;/h1-6,13,23H,7-12,14H2;1H. The normalized spacial score (nSPS) is 18.8. The van der Waals surface area contributed by atoms with Gasteiger partial charge >= 0.3 is 0 Å². The maximum atomic E-state index is 15.0. The number of nitrogens with one attached hydrogen (secondary N) is 1. The Morgan fingerprint density at radius 2 is 1.85 bits per heavy atom. The van der Waals surface area contributed by atoms with Crippen molar-refractivity contribution in [1.29, 1.82) is 0 Å². The van der Waals surface area contributed by atoms with Gasteiger partial charge in [0.25, 0.3) is 0 Å². The van der Waals surface area contributed by atoms with Crippen LogP contribution < -0.4 is 15.0 Å². The molecule has 0 saturated carbocycles. The number of hydrogen-bond acceptors (Lipinski definition) is 4. The van der Waals surface area contributed by atoms with Crippen LogP contribution in [0.5, 0.6) is 11.5 Å². The smallest absolute Gasteiger partial charge is 0.188 e. The summed E-state index contributed by atoms with van der Waals surface area (Å²) < 4.78 is 39.8. The quantitative estimate of drug-likeness (QED) is 0.845. The average Bonchev–Trinajstić information content (AvgIpc) is 2.65. The van der Waals surface area contributed by atoms with Crippen LogP contribution in [0.4, 0.5) is 14.5 Å². The molecule has 0 aromatic heterocycles. The highest BCUT2D eigenvalue weighted by Gasteiger charge is 2.37. The largest absolute Gasteiger partial charge is 0.454 e. The van der Waals surface area contributed by atoms with Gasteiger partial charge in [-0.2, -0.15) is 0 Å². The molecule has 0 bridgehead atoms. The third kappa shape index (κ3) is 4.34. The SMILES string of the molecule is Cl.Fc1cccc(Oc2cccc(N3CCC4(CC3)CNCCO4)c2F)c1. The van der Waals surface area contributed by atoms with Crippen molar-refractivity contribution in [3.05, 3.63) is 54.1 Å². The molecule has 7 heteroatoms. The Morgan fingerprint density at radius 3 is 2.56 bits per heavy atom. The van der Waals surface area contributed by atoms with Gasteiger partial charge in [-0.15, -0.1) is 12.4 Å². The van der Waals surface area contributed by atoms with Crippen LogP contribution >= 0.6 is 12.4 Å². The molecule has 27 heavy (non-hydrogen) atoms. The number of ether oxygens (including phenoxy) is 2. The number of rotatable bonds is 3. The lowest BCUT2D eigenvalue weighted by molar-refractivity contribution is -0.0800. The topological polar surface area (TPSA) is 33.7 Å².